The summed E-state index contributed by atoms with van der Waals surface area (Å²) in [6.45, 7) is 1.11. The van der Waals surface area contributed by atoms with Crippen LogP contribution < -0.4 is 5.32 Å². The van der Waals surface area contributed by atoms with Gasteiger partial charge in [-0.1, -0.05) is 5.16 Å². The van der Waals surface area contributed by atoms with Gasteiger partial charge in [-0.15, -0.1) is 0 Å². The second-order valence-electron chi connectivity index (χ2n) is 6.80. The molecule has 1 N–H and O–H groups in total. The normalized spacial score (nSPS) is 37.0. The molecule has 4 rings (SSSR count). The van der Waals surface area contributed by atoms with E-state index < -0.39 is 0 Å². The molecule has 3 atom stereocenters. The third kappa shape index (κ3) is 2.98. The molecule has 3 aliphatic rings. The largest absolute Gasteiger partial charge is 0.339 e. The standard InChI is InChI=1S/C15H24N4OS/c1-19-4-5-21-9-13(19)15-17-14(20-18-15)8-10-6-11-2-3-12(7-10)16-11/h10-13,16H,2-9H2,1H3. The molecule has 0 saturated carbocycles. The zero-order valence-corrected chi connectivity index (χ0v) is 13.4. The SMILES string of the molecule is CN1CCSCC1c1noc(CC2CC3CCC(C2)N3)n1. The summed E-state index contributed by atoms with van der Waals surface area (Å²) in [5, 5.41) is 7.95. The number of hydrogen-bond acceptors (Lipinski definition) is 6. The van der Waals surface area contributed by atoms with Gasteiger partial charge in [0.2, 0.25) is 5.89 Å². The Labute approximate surface area is 130 Å². The Bertz CT molecular complexity index is 482. The average molecular weight is 308 g/mol. The maximum absolute atomic E-state index is 5.54. The van der Waals surface area contributed by atoms with Crippen LogP contribution in [0.3, 0.4) is 0 Å². The van der Waals surface area contributed by atoms with E-state index in [1.807, 2.05) is 11.8 Å². The van der Waals surface area contributed by atoms with Gasteiger partial charge in [-0.25, -0.2) is 0 Å². The van der Waals surface area contributed by atoms with Crippen molar-refractivity contribution in [2.75, 3.05) is 25.1 Å². The molecule has 6 heteroatoms. The molecular weight excluding hydrogens is 284 g/mol. The van der Waals surface area contributed by atoms with Crippen LogP contribution in [0.1, 0.15) is 43.4 Å². The molecule has 21 heavy (non-hydrogen) atoms. The van der Waals surface area contributed by atoms with Crippen LogP contribution in [0.4, 0.5) is 0 Å². The molecule has 0 spiro atoms. The van der Waals surface area contributed by atoms with Crippen LogP contribution in [0.2, 0.25) is 0 Å². The van der Waals surface area contributed by atoms with E-state index in [2.05, 4.69) is 22.4 Å². The van der Waals surface area contributed by atoms with E-state index in [1.54, 1.807) is 0 Å². The van der Waals surface area contributed by atoms with Crippen molar-refractivity contribution in [3.63, 3.8) is 0 Å². The monoisotopic (exact) mass is 308 g/mol. The highest BCUT2D eigenvalue weighted by Gasteiger charge is 2.34. The first-order valence-electron chi connectivity index (χ1n) is 8.14. The molecule has 3 saturated heterocycles. The zero-order valence-electron chi connectivity index (χ0n) is 12.6. The van der Waals surface area contributed by atoms with E-state index in [1.165, 1.54) is 31.4 Å². The molecule has 116 valence electrons. The van der Waals surface area contributed by atoms with E-state index >= 15 is 0 Å². The summed E-state index contributed by atoms with van der Waals surface area (Å²) in [5.41, 5.74) is 0. The first kappa shape index (κ1) is 14.0. The van der Waals surface area contributed by atoms with Gasteiger partial charge >= 0.3 is 0 Å². The van der Waals surface area contributed by atoms with Crippen LogP contribution in [-0.4, -0.2) is 52.2 Å². The summed E-state index contributed by atoms with van der Waals surface area (Å²) >= 11 is 1.98. The van der Waals surface area contributed by atoms with Gasteiger partial charge < -0.3 is 9.84 Å². The number of rotatable bonds is 3. The van der Waals surface area contributed by atoms with Crippen molar-refractivity contribution in [3.8, 4) is 0 Å². The quantitative estimate of drug-likeness (QED) is 0.920. The topological polar surface area (TPSA) is 54.2 Å². The molecule has 3 unspecified atom stereocenters. The maximum atomic E-state index is 5.54. The summed E-state index contributed by atoms with van der Waals surface area (Å²) in [7, 11) is 2.16. The fraction of sp³-hybridized carbons (Fsp3) is 0.867. The fourth-order valence-corrected chi connectivity index (χ4v) is 5.24. The van der Waals surface area contributed by atoms with Crippen molar-refractivity contribution in [3.05, 3.63) is 11.7 Å². The number of aromatic nitrogens is 2. The number of thioether (sulfide) groups is 1. The molecule has 2 bridgehead atoms. The molecule has 0 aliphatic carbocycles. The van der Waals surface area contributed by atoms with E-state index in [0.717, 1.165) is 48.4 Å². The van der Waals surface area contributed by atoms with Gasteiger partial charge in [0.1, 0.15) is 0 Å². The average Bonchev–Trinajstić information content (AvgIpc) is 3.06. The van der Waals surface area contributed by atoms with Gasteiger partial charge in [0.05, 0.1) is 6.04 Å². The minimum Gasteiger partial charge on any atom is -0.339 e. The number of hydrogen-bond donors (Lipinski definition) is 1. The van der Waals surface area contributed by atoms with Gasteiger partial charge in [0.15, 0.2) is 5.82 Å². The lowest BCUT2D eigenvalue weighted by molar-refractivity contribution is 0.253. The Kier molecular flexibility index (Phi) is 3.94. The lowest BCUT2D eigenvalue weighted by Gasteiger charge is -2.29. The fourth-order valence-electron chi connectivity index (χ4n) is 4.03. The van der Waals surface area contributed by atoms with Crippen molar-refractivity contribution in [2.24, 2.45) is 5.92 Å². The summed E-state index contributed by atoms with van der Waals surface area (Å²) in [5.74, 6) is 4.73. The van der Waals surface area contributed by atoms with Crippen LogP contribution in [0.25, 0.3) is 0 Å². The van der Waals surface area contributed by atoms with Crippen molar-refractivity contribution in [1.29, 1.82) is 0 Å². The smallest absolute Gasteiger partial charge is 0.226 e. The van der Waals surface area contributed by atoms with Gasteiger partial charge in [0, 0.05) is 36.6 Å². The number of fused-ring (bicyclic) bond motifs is 2. The molecule has 5 nitrogen and oxygen atoms in total. The van der Waals surface area contributed by atoms with Crippen molar-refractivity contribution < 1.29 is 4.52 Å². The first-order valence-corrected chi connectivity index (χ1v) is 9.30. The molecule has 0 radical (unpaired) electrons. The van der Waals surface area contributed by atoms with Gasteiger partial charge in [0.25, 0.3) is 0 Å². The Morgan fingerprint density at radius 1 is 1.33 bits per heavy atom. The third-order valence-corrected chi connectivity index (χ3v) is 6.23. The summed E-state index contributed by atoms with van der Waals surface area (Å²) in [6, 6.07) is 1.79. The lowest BCUT2D eigenvalue weighted by atomic mass is 9.90. The predicted octanol–water partition coefficient (Wildman–Crippen LogP) is 1.86. The van der Waals surface area contributed by atoms with Gasteiger partial charge in [-0.2, -0.15) is 16.7 Å². The van der Waals surface area contributed by atoms with Gasteiger partial charge in [-0.05, 0) is 38.6 Å². The number of piperidine rings is 1. The Hall–Kier alpha value is -0.590. The summed E-state index contributed by atoms with van der Waals surface area (Å²) in [6.07, 6.45) is 6.20. The van der Waals surface area contributed by atoms with E-state index in [-0.39, 0.29) is 0 Å². The second-order valence-corrected chi connectivity index (χ2v) is 7.95. The van der Waals surface area contributed by atoms with Crippen molar-refractivity contribution in [2.45, 2.75) is 50.2 Å². The highest BCUT2D eigenvalue weighted by atomic mass is 32.2. The molecule has 1 aromatic rings. The van der Waals surface area contributed by atoms with Crippen LogP contribution in [0, 0.1) is 5.92 Å². The predicted molar refractivity (Wildman–Crippen MR) is 83.4 cm³/mol. The van der Waals surface area contributed by atoms with Crippen LogP contribution >= 0.6 is 11.8 Å². The molecule has 1 aromatic heterocycles. The Balaban J connectivity index is 1.40. The van der Waals surface area contributed by atoms with Crippen molar-refractivity contribution in [1.82, 2.24) is 20.4 Å². The first-order chi connectivity index (χ1) is 10.3. The number of nitrogens with one attached hydrogen (secondary N) is 1. The van der Waals surface area contributed by atoms with E-state index in [0.29, 0.717) is 6.04 Å². The van der Waals surface area contributed by atoms with Gasteiger partial charge in [-0.3, -0.25) is 4.90 Å². The molecule has 0 amide bonds. The maximum Gasteiger partial charge on any atom is 0.226 e. The molecule has 0 aromatic carbocycles. The highest BCUT2D eigenvalue weighted by molar-refractivity contribution is 7.99. The minimum atomic E-state index is 0.324. The molecule has 4 heterocycles. The summed E-state index contributed by atoms with van der Waals surface area (Å²) in [4.78, 5) is 7.04. The van der Waals surface area contributed by atoms with Crippen LogP contribution in [0.5, 0.6) is 0 Å². The van der Waals surface area contributed by atoms with Crippen LogP contribution in [-0.2, 0) is 6.42 Å². The molecule has 3 fully saturated rings. The minimum absolute atomic E-state index is 0.324. The Morgan fingerprint density at radius 2 is 2.14 bits per heavy atom. The zero-order chi connectivity index (χ0) is 14.2. The molecular formula is C15H24N4OS. The second kappa shape index (κ2) is 5.89. The van der Waals surface area contributed by atoms with Crippen molar-refractivity contribution >= 4 is 11.8 Å². The number of nitrogens with zero attached hydrogens (tertiary/aromatic N) is 3. The Morgan fingerprint density at radius 3 is 2.90 bits per heavy atom. The lowest BCUT2D eigenvalue weighted by Crippen LogP contribution is -2.38. The third-order valence-electron chi connectivity index (χ3n) is 5.21. The van der Waals surface area contributed by atoms with E-state index in [9.17, 15) is 0 Å². The molecule has 3 aliphatic heterocycles. The summed E-state index contributed by atoms with van der Waals surface area (Å²) < 4.78 is 5.54. The van der Waals surface area contributed by atoms with Crippen LogP contribution in [0.15, 0.2) is 4.52 Å². The highest BCUT2D eigenvalue weighted by Crippen LogP contribution is 2.33. The van der Waals surface area contributed by atoms with E-state index in [4.69, 9.17) is 9.51 Å².